The lowest BCUT2D eigenvalue weighted by molar-refractivity contribution is 0.0434. The lowest BCUT2D eigenvalue weighted by Crippen LogP contribution is -2.33. The van der Waals surface area contributed by atoms with Gasteiger partial charge in [0.25, 0.3) is 0 Å². The van der Waals surface area contributed by atoms with Gasteiger partial charge in [0.2, 0.25) is 0 Å². The summed E-state index contributed by atoms with van der Waals surface area (Å²) in [4.78, 5) is 0. The van der Waals surface area contributed by atoms with Crippen molar-refractivity contribution in [2.75, 3.05) is 0 Å². The van der Waals surface area contributed by atoms with Crippen molar-refractivity contribution in [2.45, 2.75) is 63.4 Å². The summed E-state index contributed by atoms with van der Waals surface area (Å²) < 4.78 is 0. The minimum atomic E-state index is -0.436. The largest absolute Gasteiger partial charge is 0.386 e. The first-order chi connectivity index (χ1) is 7.20. The fraction of sp³-hybridized carbons (Fsp3) is 0.857. The van der Waals surface area contributed by atoms with Crippen LogP contribution < -0.4 is 0 Å². The summed E-state index contributed by atoms with van der Waals surface area (Å²) in [6, 6.07) is 0. The Morgan fingerprint density at radius 1 is 1.00 bits per heavy atom. The Morgan fingerprint density at radius 3 is 2.27 bits per heavy atom. The molecule has 3 aliphatic carbocycles. The van der Waals surface area contributed by atoms with E-state index < -0.39 is 5.60 Å². The Balaban J connectivity index is 1.69. The van der Waals surface area contributed by atoms with E-state index >= 15 is 0 Å². The maximum Gasteiger partial charge on any atom is 0.0830 e. The molecule has 0 amide bonds. The number of allylic oxidation sites excluding steroid dienone is 1. The molecule has 3 aliphatic rings. The van der Waals surface area contributed by atoms with Crippen molar-refractivity contribution in [2.24, 2.45) is 11.3 Å². The van der Waals surface area contributed by atoms with Crippen LogP contribution in [-0.4, -0.2) is 10.7 Å². The first-order valence-corrected chi connectivity index (χ1v) is 6.63. The van der Waals surface area contributed by atoms with E-state index in [2.05, 4.69) is 12.2 Å². The van der Waals surface area contributed by atoms with Crippen LogP contribution in [0.3, 0.4) is 0 Å². The fourth-order valence-electron chi connectivity index (χ4n) is 3.45. The third kappa shape index (κ3) is 1.99. The zero-order chi connectivity index (χ0) is 10.4. The van der Waals surface area contributed by atoms with E-state index in [0.29, 0.717) is 5.41 Å². The number of rotatable bonds is 2. The number of aliphatic hydroxyl groups is 1. The first kappa shape index (κ1) is 9.89. The minimum absolute atomic E-state index is 0.436. The molecule has 0 radical (unpaired) electrons. The third-order valence-electron chi connectivity index (χ3n) is 4.74. The highest BCUT2D eigenvalue weighted by atomic mass is 16.3. The zero-order valence-corrected chi connectivity index (χ0v) is 9.54. The van der Waals surface area contributed by atoms with E-state index in [1.165, 1.54) is 44.9 Å². The highest BCUT2D eigenvalue weighted by molar-refractivity contribution is 5.15. The van der Waals surface area contributed by atoms with Crippen LogP contribution in [-0.2, 0) is 0 Å². The first-order valence-electron chi connectivity index (χ1n) is 6.63. The van der Waals surface area contributed by atoms with Gasteiger partial charge in [-0.25, -0.2) is 0 Å². The summed E-state index contributed by atoms with van der Waals surface area (Å²) in [5, 5.41) is 10.4. The smallest absolute Gasteiger partial charge is 0.0830 e. The molecular weight excluding hydrogens is 184 g/mol. The summed E-state index contributed by atoms with van der Waals surface area (Å²) in [6.07, 6.45) is 16.0. The summed E-state index contributed by atoms with van der Waals surface area (Å²) in [5.74, 6) is 0.831. The second-order valence-electron chi connectivity index (χ2n) is 6.15. The molecule has 15 heavy (non-hydrogen) atoms. The van der Waals surface area contributed by atoms with Gasteiger partial charge in [0.05, 0.1) is 5.60 Å². The van der Waals surface area contributed by atoms with Crippen LogP contribution in [0.15, 0.2) is 12.2 Å². The Kier molecular flexibility index (Phi) is 2.21. The van der Waals surface area contributed by atoms with Gasteiger partial charge in [-0.1, -0.05) is 37.8 Å². The third-order valence-corrected chi connectivity index (χ3v) is 4.74. The van der Waals surface area contributed by atoms with Crippen LogP contribution in [0.1, 0.15) is 57.8 Å². The maximum absolute atomic E-state index is 10.4. The quantitative estimate of drug-likeness (QED) is 0.686. The molecule has 0 heterocycles. The summed E-state index contributed by atoms with van der Waals surface area (Å²) in [6.45, 7) is 0. The molecule has 0 aromatic heterocycles. The molecule has 1 spiro atoms. The van der Waals surface area contributed by atoms with E-state index in [-0.39, 0.29) is 0 Å². The van der Waals surface area contributed by atoms with Crippen LogP contribution in [0.5, 0.6) is 0 Å². The highest BCUT2D eigenvalue weighted by Gasteiger charge is 2.41. The van der Waals surface area contributed by atoms with Crippen molar-refractivity contribution in [3.63, 3.8) is 0 Å². The van der Waals surface area contributed by atoms with E-state index in [9.17, 15) is 5.11 Å². The summed E-state index contributed by atoms with van der Waals surface area (Å²) >= 11 is 0. The monoisotopic (exact) mass is 206 g/mol. The molecule has 0 bridgehead atoms. The molecular formula is C14H22O. The number of hydrogen-bond acceptors (Lipinski definition) is 1. The van der Waals surface area contributed by atoms with Gasteiger partial charge < -0.3 is 5.11 Å². The highest BCUT2D eigenvalue weighted by Crippen LogP contribution is 2.49. The van der Waals surface area contributed by atoms with Crippen molar-refractivity contribution in [3.8, 4) is 0 Å². The van der Waals surface area contributed by atoms with Crippen molar-refractivity contribution in [3.05, 3.63) is 12.2 Å². The molecule has 0 aliphatic heterocycles. The molecule has 1 atom stereocenters. The lowest BCUT2D eigenvalue weighted by atomic mass is 9.72. The Hall–Kier alpha value is -0.300. The molecule has 84 valence electrons. The van der Waals surface area contributed by atoms with Crippen molar-refractivity contribution in [1.82, 2.24) is 0 Å². The summed E-state index contributed by atoms with van der Waals surface area (Å²) in [7, 11) is 0. The standard InChI is InChI=1S/C14H22O/c15-14(11-12-3-4-12)9-7-13(8-10-14)5-1-2-6-13/h7,9,12,15H,1-6,8,10-11H2. The van der Waals surface area contributed by atoms with E-state index in [4.69, 9.17) is 0 Å². The van der Waals surface area contributed by atoms with Gasteiger partial charge in [-0.3, -0.25) is 0 Å². The Labute approximate surface area is 92.6 Å². The van der Waals surface area contributed by atoms with Crippen molar-refractivity contribution in [1.29, 1.82) is 0 Å². The van der Waals surface area contributed by atoms with E-state index in [1.54, 1.807) is 0 Å². The zero-order valence-electron chi connectivity index (χ0n) is 9.54. The summed E-state index contributed by atoms with van der Waals surface area (Å²) in [5.41, 5.74) is 0.0603. The molecule has 1 heteroatoms. The minimum Gasteiger partial charge on any atom is -0.386 e. The van der Waals surface area contributed by atoms with Crippen molar-refractivity contribution >= 4 is 0 Å². The van der Waals surface area contributed by atoms with Crippen LogP contribution in [0.25, 0.3) is 0 Å². The predicted octanol–water partition coefficient (Wildman–Crippen LogP) is 3.43. The fourth-order valence-corrected chi connectivity index (χ4v) is 3.45. The van der Waals surface area contributed by atoms with Crippen LogP contribution in [0.4, 0.5) is 0 Å². The molecule has 0 saturated heterocycles. The van der Waals surface area contributed by atoms with Gasteiger partial charge >= 0.3 is 0 Å². The lowest BCUT2D eigenvalue weighted by Gasteiger charge is -2.37. The molecule has 3 rings (SSSR count). The normalized spacial score (nSPS) is 38.7. The number of hydrogen-bond donors (Lipinski definition) is 1. The average Bonchev–Trinajstić information content (AvgIpc) is 2.91. The van der Waals surface area contributed by atoms with E-state index in [0.717, 1.165) is 18.8 Å². The van der Waals surface area contributed by atoms with Gasteiger partial charge in [0, 0.05) is 0 Å². The molecule has 2 saturated carbocycles. The molecule has 0 aromatic rings. The van der Waals surface area contributed by atoms with Crippen LogP contribution in [0, 0.1) is 11.3 Å². The van der Waals surface area contributed by atoms with Gasteiger partial charge in [-0.2, -0.15) is 0 Å². The second-order valence-corrected chi connectivity index (χ2v) is 6.15. The predicted molar refractivity (Wildman–Crippen MR) is 61.6 cm³/mol. The molecule has 1 unspecified atom stereocenters. The van der Waals surface area contributed by atoms with Gasteiger partial charge in [-0.05, 0) is 43.4 Å². The SMILES string of the molecule is OC1(CC2CC2)C=CC2(CCCC2)CC1. The Bertz CT molecular complexity index is 271. The average molecular weight is 206 g/mol. The topological polar surface area (TPSA) is 20.2 Å². The van der Waals surface area contributed by atoms with Gasteiger partial charge in [-0.15, -0.1) is 0 Å². The Morgan fingerprint density at radius 2 is 1.73 bits per heavy atom. The van der Waals surface area contributed by atoms with Crippen LogP contribution in [0.2, 0.25) is 0 Å². The molecule has 2 fully saturated rings. The van der Waals surface area contributed by atoms with Crippen molar-refractivity contribution < 1.29 is 5.11 Å². The molecule has 1 nitrogen and oxygen atoms in total. The second kappa shape index (κ2) is 3.35. The van der Waals surface area contributed by atoms with Gasteiger partial charge in [0.15, 0.2) is 0 Å². The maximum atomic E-state index is 10.4. The molecule has 0 aromatic carbocycles. The van der Waals surface area contributed by atoms with E-state index in [1.807, 2.05) is 0 Å². The molecule has 1 N–H and O–H groups in total. The van der Waals surface area contributed by atoms with Gasteiger partial charge in [0.1, 0.15) is 0 Å². The van der Waals surface area contributed by atoms with Crippen LogP contribution >= 0.6 is 0 Å².